The van der Waals surface area contributed by atoms with Gasteiger partial charge in [-0.25, -0.2) is 8.42 Å². The van der Waals surface area contributed by atoms with Crippen molar-refractivity contribution in [3.8, 4) is 0 Å². The molecule has 2 aromatic rings. The number of carbonyl (C=O) groups excluding carboxylic acids is 3. The molecule has 3 rings (SSSR count). The predicted octanol–water partition coefficient (Wildman–Crippen LogP) is 2.48. The van der Waals surface area contributed by atoms with Gasteiger partial charge in [0.1, 0.15) is 0 Å². The minimum Gasteiger partial charge on any atom is -0.355 e. The van der Waals surface area contributed by atoms with Crippen LogP contribution in [0, 0.1) is 6.92 Å². The fourth-order valence-corrected chi connectivity index (χ4v) is 5.59. The van der Waals surface area contributed by atoms with Crippen LogP contribution < -0.4 is 0 Å². The van der Waals surface area contributed by atoms with Crippen molar-refractivity contribution >= 4 is 27.4 Å². The van der Waals surface area contributed by atoms with Gasteiger partial charge in [-0.1, -0.05) is 19.1 Å². The number of Topliss-reactive ketones (excluding diaryl/α,β-unsaturated/α-hetero) is 3. The van der Waals surface area contributed by atoms with Gasteiger partial charge < -0.3 is 4.98 Å². The van der Waals surface area contributed by atoms with Crippen molar-refractivity contribution in [2.45, 2.75) is 39.0 Å². The molecule has 0 atom stereocenters. The quantitative estimate of drug-likeness (QED) is 0.608. The molecule has 1 aromatic heterocycles. The highest BCUT2D eigenvalue weighted by atomic mass is 32.2. The molecular formula is C23H29N3O5S. The minimum absolute atomic E-state index is 0.0650. The van der Waals surface area contributed by atoms with E-state index in [1.54, 1.807) is 6.92 Å². The third-order valence-electron chi connectivity index (χ3n) is 5.87. The Morgan fingerprint density at radius 2 is 1.56 bits per heavy atom. The molecule has 0 saturated carbocycles. The van der Waals surface area contributed by atoms with E-state index in [4.69, 9.17) is 0 Å². The van der Waals surface area contributed by atoms with E-state index in [0.29, 0.717) is 42.0 Å². The van der Waals surface area contributed by atoms with E-state index < -0.39 is 10.0 Å². The van der Waals surface area contributed by atoms with E-state index in [2.05, 4.69) is 4.98 Å². The monoisotopic (exact) mass is 459 g/mol. The molecule has 2 heterocycles. The van der Waals surface area contributed by atoms with Crippen molar-refractivity contribution in [2.75, 3.05) is 32.7 Å². The molecule has 32 heavy (non-hydrogen) atoms. The Morgan fingerprint density at radius 3 is 2.06 bits per heavy atom. The number of hydrogen-bond donors (Lipinski definition) is 1. The minimum atomic E-state index is -3.66. The maximum Gasteiger partial charge on any atom is 0.243 e. The number of rotatable bonds is 8. The fourth-order valence-electron chi connectivity index (χ4n) is 4.17. The zero-order chi connectivity index (χ0) is 23.6. The molecule has 1 fully saturated rings. The summed E-state index contributed by atoms with van der Waals surface area (Å²) in [4.78, 5) is 41.4. The molecule has 0 bridgehead atoms. The zero-order valence-electron chi connectivity index (χ0n) is 18.9. The molecule has 1 N–H and O–H groups in total. The summed E-state index contributed by atoms with van der Waals surface area (Å²) >= 11 is 0. The van der Waals surface area contributed by atoms with Crippen molar-refractivity contribution in [2.24, 2.45) is 0 Å². The first-order valence-corrected chi connectivity index (χ1v) is 12.1. The van der Waals surface area contributed by atoms with E-state index in [-0.39, 0.29) is 41.9 Å². The average Bonchev–Trinajstić information content (AvgIpc) is 3.10. The maximum absolute atomic E-state index is 12.9. The van der Waals surface area contributed by atoms with Crippen molar-refractivity contribution < 1.29 is 22.8 Å². The molecule has 1 saturated heterocycles. The summed E-state index contributed by atoms with van der Waals surface area (Å²) in [6.07, 6.45) is 0.578. The summed E-state index contributed by atoms with van der Waals surface area (Å²) in [6, 6.07) is 5.94. The summed E-state index contributed by atoms with van der Waals surface area (Å²) in [5, 5.41) is 0. The van der Waals surface area contributed by atoms with Gasteiger partial charge in [-0.05, 0) is 44.9 Å². The molecule has 0 spiro atoms. The number of nitrogens with zero attached hydrogens (tertiary/aromatic N) is 2. The highest BCUT2D eigenvalue weighted by Gasteiger charge is 2.30. The van der Waals surface area contributed by atoms with Crippen LogP contribution in [0.1, 0.15) is 63.2 Å². The van der Waals surface area contributed by atoms with Gasteiger partial charge in [0.2, 0.25) is 10.0 Å². The second-order valence-corrected chi connectivity index (χ2v) is 10.0. The standard InChI is InChI=1S/C23H29N3O5S/c1-5-20-22(17(4)28)15(2)24-23(20)21(29)14-25-10-12-26(13-11-25)32(30,31)19-8-6-18(7-9-19)16(3)27/h6-9,24H,5,10-14H2,1-4H3. The fraction of sp³-hybridized carbons (Fsp3) is 0.435. The molecular weight excluding hydrogens is 430 g/mol. The Balaban J connectivity index is 1.66. The Labute approximate surface area is 188 Å². The number of H-pyrrole nitrogens is 1. The highest BCUT2D eigenvalue weighted by Crippen LogP contribution is 2.22. The largest absolute Gasteiger partial charge is 0.355 e. The SMILES string of the molecule is CCc1c(C(=O)CN2CCN(S(=O)(=O)c3ccc(C(C)=O)cc3)CC2)[nH]c(C)c1C(C)=O. The van der Waals surface area contributed by atoms with E-state index in [1.165, 1.54) is 42.4 Å². The molecule has 1 aliphatic heterocycles. The van der Waals surface area contributed by atoms with Crippen LogP contribution in [-0.2, 0) is 16.4 Å². The number of hydrogen-bond acceptors (Lipinski definition) is 6. The molecule has 8 nitrogen and oxygen atoms in total. The van der Waals surface area contributed by atoms with Crippen LogP contribution in [0.2, 0.25) is 0 Å². The summed E-state index contributed by atoms with van der Waals surface area (Å²) in [7, 11) is -3.66. The van der Waals surface area contributed by atoms with Crippen molar-refractivity contribution in [1.29, 1.82) is 0 Å². The van der Waals surface area contributed by atoms with Gasteiger partial charge in [-0.3, -0.25) is 19.3 Å². The number of carbonyl (C=O) groups is 3. The maximum atomic E-state index is 12.9. The number of sulfonamides is 1. The van der Waals surface area contributed by atoms with Crippen LogP contribution >= 0.6 is 0 Å². The number of aryl methyl sites for hydroxylation is 1. The Kier molecular flexibility index (Phi) is 7.12. The molecule has 1 aromatic carbocycles. The van der Waals surface area contributed by atoms with Crippen LogP contribution in [0.15, 0.2) is 29.2 Å². The highest BCUT2D eigenvalue weighted by molar-refractivity contribution is 7.89. The van der Waals surface area contributed by atoms with Crippen molar-refractivity contribution in [3.05, 3.63) is 52.3 Å². The van der Waals surface area contributed by atoms with Gasteiger partial charge in [-0.2, -0.15) is 4.31 Å². The van der Waals surface area contributed by atoms with Gasteiger partial charge in [-0.15, -0.1) is 0 Å². The van der Waals surface area contributed by atoms with E-state index in [1.807, 2.05) is 11.8 Å². The lowest BCUT2D eigenvalue weighted by Gasteiger charge is -2.33. The summed E-state index contributed by atoms with van der Waals surface area (Å²) in [5.74, 6) is -0.287. The first-order chi connectivity index (χ1) is 15.1. The van der Waals surface area contributed by atoms with E-state index in [0.717, 1.165) is 5.56 Å². The second-order valence-electron chi connectivity index (χ2n) is 8.07. The molecule has 172 valence electrons. The van der Waals surface area contributed by atoms with E-state index in [9.17, 15) is 22.8 Å². The lowest BCUT2D eigenvalue weighted by Crippen LogP contribution is -2.49. The third-order valence-corrected chi connectivity index (χ3v) is 7.79. The summed E-state index contributed by atoms with van der Waals surface area (Å²) in [6.45, 7) is 8.19. The van der Waals surface area contributed by atoms with Gasteiger partial charge in [0.25, 0.3) is 0 Å². The third kappa shape index (κ3) is 4.74. The first kappa shape index (κ1) is 24.0. The average molecular weight is 460 g/mol. The number of benzene rings is 1. The lowest BCUT2D eigenvalue weighted by molar-refractivity contribution is 0.0895. The summed E-state index contributed by atoms with van der Waals surface area (Å²) in [5.41, 5.74) is 2.96. The van der Waals surface area contributed by atoms with Crippen LogP contribution in [0.25, 0.3) is 0 Å². The number of aromatic amines is 1. The van der Waals surface area contributed by atoms with Gasteiger partial charge in [0.15, 0.2) is 17.3 Å². The van der Waals surface area contributed by atoms with Crippen LogP contribution in [0.4, 0.5) is 0 Å². The van der Waals surface area contributed by atoms with Crippen molar-refractivity contribution in [3.63, 3.8) is 0 Å². The predicted molar refractivity (Wildman–Crippen MR) is 121 cm³/mol. The molecule has 9 heteroatoms. The molecule has 0 unspecified atom stereocenters. The first-order valence-electron chi connectivity index (χ1n) is 10.6. The number of piperazine rings is 1. The van der Waals surface area contributed by atoms with Gasteiger partial charge >= 0.3 is 0 Å². The Bertz CT molecular complexity index is 1140. The summed E-state index contributed by atoms with van der Waals surface area (Å²) < 4.78 is 27.3. The zero-order valence-corrected chi connectivity index (χ0v) is 19.7. The van der Waals surface area contributed by atoms with E-state index >= 15 is 0 Å². The second kappa shape index (κ2) is 9.48. The number of aromatic nitrogens is 1. The number of ketones is 3. The van der Waals surface area contributed by atoms with Crippen LogP contribution in [0.5, 0.6) is 0 Å². The number of nitrogens with one attached hydrogen (secondary N) is 1. The molecule has 0 amide bonds. The van der Waals surface area contributed by atoms with Crippen LogP contribution in [0.3, 0.4) is 0 Å². The topological polar surface area (TPSA) is 108 Å². The van der Waals surface area contributed by atoms with Crippen molar-refractivity contribution in [1.82, 2.24) is 14.2 Å². The normalized spacial score (nSPS) is 15.6. The van der Waals surface area contributed by atoms with Crippen LogP contribution in [-0.4, -0.2) is 72.7 Å². The Morgan fingerprint density at radius 1 is 0.969 bits per heavy atom. The smallest absolute Gasteiger partial charge is 0.243 e. The Hall–Kier alpha value is -2.62. The van der Waals surface area contributed by atoms with Gasteiger partial charge in [0, 0.05) is 43.0 Å². The van der Waals surface area contributed by atoms with Gasteiger partial charge in [0.05, 0.1) is 17.1 Å². The molecule has 0 aliphatic carbocycles. The molecule has 0 radical (unpaired) electrons. The molecule has 1 aliphatic rings. The lowest BCUT2D eigenvalue weighted by atomic mass is 10.0.